The molecule has 4 nitrogen and oxygen atoms in total. The maximum atomic E-state index is 13.0. The van der Waals surface area contributed by atoms with Gasteiger partial charge in [-0.3, -0.25) is 10.1 Å². The Hall–Kier alpha value is -1.96. The van der Waals surface area contributed by atoms with Gasteiger partial charge in [-0.05, 0) is 12.1 Å². The van der Waals surface area contributed by atoms with Gasteiger partial charge in [-0.2, -0.15) is 4.39 Å². The van der Waals surface area contributed by atoms with E-state index in [0.717, 1.165) is 12.1 Å². The normalized spacial score (nSPS) is 11.8. The van der Waals surface area contributed by atoms with Crippen LogP contribution in [0.2, 0.25) is 0 Å². The van der Waals surface area contributed by atoms with Gasteiger partial charge >= 0.3 is 5.69 Å². The fourth-order valence-electron chi connectivity index (χ4n) is 1.28. The van der Waals surface area contributed by atoms with E-state index in [2.05, 4.69) is 4.85 Å². The molecule has 0 fully saturated rings. The second-order valence-electron chi connectivity index (χ2n) is 3.02. The van der Waals surface area contributed by atoms with E-state index >= 15 is 0 Å². The molecule has 0 aliphatic heterocycles. The summed E-state index contributed by atoms with van der Waals surface area (Å²) >= 11 is 0. The second kappa shape index (κ2) is 4.51. The van der Waals surface area contributed by atoms with E-state index in [1.54, 1.807) is 6.92 Å². The molecule has 15 heavy (non-hydrogen) atoms. The van der Waals surface area contributed by atoms with E-state index in [1.807, 2.05) is 0 Å². The van der Waals surface area contributed by atoms with Crippen molar-refractivity contribution in [2.24, 2.45) is 0 Å². The van der Waals surface area contributed by atoms with E-state index in [1.165, 1.54) is 6.07 Å². The van der Waals surface area contributed by atoms with Crippen LogP contribution < -0.4 is 0 Å². The van der Waals surface area contributed by atoms with Crippen molar-refractivity contribution in [3.63, 3.8) is 0 Å². The molecule has 0 aliphatic rings. The van der Waals surface area contributed by atoms with Gasteiger partial charge in [0.2, 0.25) is 11.9 Å². The average molecular weight is 208 g/mol. The van der Waals surface area contributed by atoms with Gasteiger partial charge in [0.15, 0.2) is 0 Å². The topological polar surface area (TPSA) is 47.5 Å². The number of nitro groups is 1. The van der Waals surface area contributed by atoms with Crippen LogP contribution >= 0.6 is 0 Å². The van der Waals surface area contributed by atoms with Crippen molar-refractivity contribution in [2.45, 2.75) is 19.4 Å². The van der Waals surface area contributed by atoms with Gasteiger partial charge in [-0.25, -0.2) is 6.57 Å². The molecule has 0 saturated carbocycles. The van der Waals surface area contributed by atoms with Crippen LogP contribution in [0.4, 0.5) is 10.1 Å². The SMILES string of the molecule is [C-]#[N+]C(CC)c1ccc(F)c([N+](=O)[O-])c1. The highest BCUT2D eigenvalue weighted by molar-refractivity contribution is 5.38. The van der Waals surface area contributed by atoms with Crippen LogP contribution in [-0.4, -0.2) is 4.92 Å². The van der Waals surface area contributed by atoms with Gasteiger partial charge in [0.1, 0.15) is 0 Å². The van der Waals surface area contributed by atoms with Gasteiger partial charge in [0.05, 0.1) is 4.92 Å². The summed E-state index contributed by atoms with van der Waals surface area (Å²) in [5.74, 6) is -0.872. The van der Waals surface area contributed by atoms with Gasteiger partial charge in [-0.1, -0.05) is 6.92 Å². The first-order valence-corrected chi connectivity index (χ1v) is 4.40. The Labute approximate surface area is 86.3 Å². The second-order valence-corrected chi connectivity index (χ2v) is 3.02. The maximum Gasteiger partial charge on any atom is 0.305 e. The molecule has 5 heteroatoms. The Kier molecular flexibility index (Phi) is 3.34. The summed E-state index contributed by atoms with van der Waals surface area (Å²) in [7, 11) is 0. The molecule has 1 atom stereocenters. The quantitative estimate of drug-likeness (QED) is 0.435. The lowest BCUT2D eigenvalue weighted by atomic mass is 10.0. The Bertz CT molecular complexity index is 426. The molecule has 0 N–H and O–H groups in total. The lowest BCUT2D eigenvalue weighted by Crippen LogP contribution is -1.97. The van der Waals surface area contributed by atoms with Gasteiger partial charge in [0, 0.05) is 18.1 Å². The number of halogens is 1. The molecule has 1 aromatic rings. The van der Waals surface area contributed by atoms with E-state index in [4.69, 9.17) is 6.57 Å². The number of nitrogens with zero attached hydrogens (tertiary/aromatic N) is 2. The van der Waals surface area contributed by atoms with E-state index in [9.17, 15) is 14.5 Å². The first kappa shape index (κ1) is 11.1. The predicted molar refractivity (Wildman–Crippen MR) is 52.7 cm³/mol. The monoisotopic (exact) mass is 208 g/mol. The standard InChI is InChI=1S/C10H9FN2O2/c1-3-9(12-2)7-4-5-8(11)10(6-7)13(14)15/h4-6,9H,3H2,1H3. The van der Waals surface area contributed by atoms with Crippen molar-refractivity contribution < 1.29 is 9.31 Å². The summed E-state index contributed by atoms with van der Waals surface area (Å²) in [5.41, 5.74) is -0.0878. The minimum absolute atomic E-state index is 0.440. The third kappa shape index (κ3) is 2.29. The van der Waals surface area contributed by atoms with Crippen molar-refractivity contribution in [1.82, 2.24) is 0 Å². The first-order chi connectivity index (χ1) is 7.10. The third-order valence-electron chi connectivity index (χ3n) is 2.09. The summed E-state index contributed by atoms with van der Waals surface area (Å²) in [4.78, 5) is 13.0. The summed E-state index contributed by atoms with van der Waals surface area (Å²) < 4.78 is 13.0. The van der Waals surface area contributed by atoms with Crippen molar-refractivity contribution in [3.05, 3.63) is 51.1 Å². The number of hydrogen-bond acceptors (Lipinski definition) is 2. The van der Waals surface area contributed by atoms with Crippen LogP contribution in [0.25, 0.3) is 4.85 Å². The molecule has 0 amide bonds. The molecule has 0 aromatic heterocycles. The first-order valence-electron chi connectivity index (χ1n) is 4.40. The van der Waals surface area contributed by atoms with Crippen LogP contribution in [0.1, 0.15) is 24.9 Å². The predicted octanol–water partition coefficient (Wildman–Crippen LogP) is 3.10. The number of hydrogen-bond donors (Lipinski definition) is 0. The average Bonchev–Trinajstić information content (AvgIpc) is 2.21. The highest BCUT2D eigenvalue weighted by Gasteiger charge is 2.20. The Balaban J connectivity index is 3.19. The molecule has 1 unspecified atom stereocenters. The molecule has 0 radical (unpaired) electrons. The zero-order valence-corrected chi connectivity index (χ0v) is 8.11. The Morgan fingerprint density at radius 1 is 1.67 bits per heavy atom. The van der Waals surface area contributed by atoms with E-state index in [-0.39, 0.29) is 0 Å². The summed E-state index contributed by atoms with van der Waals surface area (Å²) in [5, 5.41) is 10.5. The largest absolute Gasteiger partial charge is 0.308 e. The number of benzene rings is 1. The summed E-state index contributed by atoms with van der Waals surface area (Å²) in [6.45, 7) is 8.69. The van der Waals surface area contributed by atoms with Gasteiger partial charge in [0.25, 0.3) is 0 Å². The Morgan fingerprint density at radius 2 is 2.33 bits per heavy atom. The number of nitro benzene ring substituents is 1. The molecule has 78 valence electrons. The van der Waals surface area contributed by atoms with E-state index < -0.39 is 22.5 Å². The summed E-state index contributed by atoms with van der Waals surface area (Å²) in [6.07, 6.45) is 0.548. The van der Waals surface area contributed by atoms with Crippen molar-refractivity contribution in [1.29, 1.82) is 0 Å². The molecular formula is C10H9FN2O2. The van der Waals surface area contributed by atoms with Crippen LogP contribution in [0, 0.1) is 22.5 Å². The minimum Gasteiger partial charge on any atom is -0.308 e. The smallest absolute Gasteiger partial charge is 0.305 e. The lowest BCUT2D eigenvalue weighted by molar-refractivity contribution is -0.387. The fraction of sp³-hybridized carbons (Fsp3) is 0.300. The molecule has 0 aliphatic carbocycles. The van der Waals surface area contributed by atoms with Crippen LogP contribution in [-0.2, 0) is 0 Å². The molecule has 0 bridgehead atoms. The zero-order chi connectivity index (χ0) is 11.4. The molecular weight excluding hydrogens is 199 g/mol. The van der Waals surface area contributed by atoms with Crippen molar-refractivity contribution in [2.75, 3.05) is 0 Å². The maximum absolute atomic E-state index is 13.0. The highest BCUT2D eigenvalue weighted by atomic mass is 19.1. The molecule has 0 saturated heterocycles. The molecule has 0 heterocycles. The summed E-state index contributed by atoms with van der Waals surface area (Å²) in [6, 6.07) is 3.13. The molecule has 1 aromatic carbocycles. The minimum atomic E-state index is -0.872. The fourth-order valence-corrected chi connectivity index (χ4v) is 1.28. The third-order valence-corrected chi connectivity index (χ3v) is 2.09. The van der Waals surface area contributed by atoms with Crippen LogP contribution in [0.5, 0.6) is 0 Å². The Morgan fingerprint density at radius 3 is 2.80 bits per heavy atom. The zero-order valence-electron chi connectivity index (χ0n) is 8.11. The van der Waals surface area contributed by atoms with E-state index in [0.29, 0.717) is 12.0 Å². The lowest BCUT2D eigenvalue weighted by Gasteiger charge is -2.02. The van der Waals surface area contributed by atoms with Crippen molar-refractivity contribution in [3.8, 4) is 0 Å². The van der Waals surface area contributed by atoms with Crippen LogP contribution in [0.3, 0.4) is 0 Å². The highest BCUT2D eigenvalue weighted by Crippen LogP contribution is 2.26. The molecule has 1 rings (SSSR count). The van der Waals surface area contributed by atoms with Gasteiger partial charge < -0.3 is 4.85 Å². The number of rotatable bonds is 3. The van der Waals surface area contributed by atoms with Gasteiger partial charge in [-0.15, -0.1) is 0 Å². The molecule has 0 spiro atoms. The van der Waals surface area contributed by atoms with Crippen molar-refractivity contribution >= 4 is 5.69 Å². The van der Waals surface area contributed by atoms with Crippen LogP contribution in [0.15, 0.2) is 18.2 Å².